The first-order valence-corrected chi connectivity index (χ1v) is 3.31. The van der Waals surface area contributed by atoms with Crippen LogP contribution in [0.4, 0.5) is 10.1 Å². The van der Waals surface area contributed by atoms with E-state index in [1.54, 1.807) is 0 Å². The van der Waals surface area contributed by atoms with Gasteiger partial charge in [-0.1, -0.05) is 11.6 Å². The van der Waals surface area contributed by atoms with E-state index in [-0.39, 0.29) is 16.5 Å². The summed E-state index contributed by atoms with van der Waals surface area (Å²) in [5.41, 5.74) is 5.59. The summed E-state index contributed by atoms with van der Waals surface area (Å²) in [4.78, 5) is 0. The minimum absolute atomic E-state index is 0.0286. The average molecular weight is 176 g/mol. The van der Waals surface area contributed by atoms with Gasteiger partial charge < -0.3 is 10.5 Å². The van der Waals surface area contributed by atoms with Gasteiger partial charge in [-0.25, -0.2) is 4.39 Å². The van der Waals surface area contributed by atoms with E-state index in [0.29, 0.717) is 0 Å². The summed E-state index contributed by atoms with van der Waals surface area (Å²) in [6.45, 7) is 0. The molecule has 11 heavy (non-hydrogen) atoms. The van der Waals surface area contributed by atoms with Gasteiger partial charge in [0, 0.05) is 11.8 Å². The van der Waals surface area contributed by atoms with Crippen molar-refractivity contribution in [2.75, 3.05) is 12.8 Å². The lowest BCUT2D eigenvalue weighted by molar-refractivity contribution is 0.387. The van der Waals surface area contributed by atoms with Gasteiger partial charge in [0.15, 0.2) is 11.6 Å². The van der Waals surface area contributed by atoms with Crippen LogP contribution in [0.25, 0.3) is 0 Å². The minimum Gasteiger partial charge on any atom is -0.492 e. The Morgan fingerprint density at radius 1 is 1.55 bits per heavy atom. The normalized spacial score (nSPS) is 9.73. The first-order chi connectivity index (χ1) is 5.15. The Balaban J connectivity index is 3.25. The standard InChI is InChI=1S/C7H7ClFNO/c1-11-7-5(8)2-4(10)3-6(7)9/h2-3H,10H2,1H3. The maximum absolute atomic E-state index is 12.8. The topological polar surface area (TPSA) is 35.2 Å². The summed E-state index contributed by atoms with van der Waals surface area (Å²) in [6.07, 6.45) is 0. The number of hydrogen-bond acceptors (Lipinski definition) is 2. The van der Waals surface area contributed by atoms with Crippen LogP contribution in [0.5, 0.6) is 5.75 Å². The molecule has 1 aromatic carbocycles. The molecule has 0 radical (unpaired) electrons. The molecule has 0 aliphatic heterocycles. The van der Waals surface area contributed by atoms with E-state index in [1.807, 2.05) is 0 Å². The molecule has 4 heteroatoms. The summed E-state index contributed by atoms with van der Waals surface area (Å²) in [7, 11) is 1.35. The second-order valence-corrected chi connectivity index (χ2v) is 2.42. The van der Waals surface area contributed by atoms with Gasteiger partial charge in [-0.3, -0.25) is 0 Å². The molecule has 60 valence electrons. The van der Waals surface area contributed by atoms with Gasteiger partial charge in [-0.05, 0) is 6.07 Å². The second-order valence-electron chi connectivity index (χ2n) is 2.02. The van der Waals surface area contributed by atoms with Crippen molar-refractivity contribution in [1.82, 2.24) is 0 Å². The van der Waals surface area contributed by atoms with Gasteiger partial charge in [0.1, 0.15) is 0 Å². The number of rotatable bonds is 1. The molecule has 0 unspecified atom stereocenters. The molecule has 0 aliphatic carbocycles. The van der Waals surface area contributed by atoms with Crippen LogP contribution in [-0.4, -0.2) is 7.11 Å². The monoisotopic (exact) mass is 175 g/mol. The fourth-order valence-corrected chi connectivity index (χ4v) is 1.07. The highest BCUT2D eigenvalue weighted by Crippen LogP contribution is 2.29. The third kappa shape index (κ3) is 1.54. The number of ether oxygens (including phenoxy) is 1. The van der Waals surface area contributed by atoms with Gasteiger partial charge >= 0.3 is 0 Å². The molecular weight excluding hydrogens is 169 g/mol. The Hall–Kier alpha value is -0.960. The molecule has 0 saturated carbocycles. The first kappa shape index (κ1) is 8.14. The van der Waals surface area contributed by atoms with Crippen LogP contribution < -0.4 is 10.5 Å². The van der Waals surface area contributed by atoms with Crippen molar-refractivity contribution < 1.29 is 9.13 Å². The van der Waals surface area contributed by atoms with Crippen molar-refractivity contribution >= 4 is 17.3 Å². The Bertz CT molecular complexity index is 254. The Morgan fingerprint density at radius 3 is 2.64 bits per heavy atom. The summed E-state index contributed by atoms with van der Waals surface area (Å²) in [5, 5.41) is 0.185. The number of benzene rings is 1. The highest BCUT2D eigenvalue weighted by atomic mass is 35.5. The van der Waals surface area contributed by atoms with E-state index < -0.39 is 5.82 Å². The van der Waals surface area contributed by atoms with Gasteiger partial charge in [-0.2, -0.15) is 0 Å². The average Bonchev–Trinajstić information content (AvgIpc) is 1.85. The van der Waals surface area contributed by atoms with Crippen LogP contribution in [0.2, 0.25) is 5.02 Å². The molecule has 1 aromatic rings. The van der Waals surface area contributed by atoms with Crippen molar-refractivity contribution in [3.8, 4) is 5.75 Å². The summed E-state index contributed by atoms with van der Waals surface area (Å²) in [6, 6.07) is 2.59. The number of nitrogen functional groups attached to an aromatic ring is 1. The molecule has 0 aromatic heterocycles. The van der Waals surface area contributed by atoms with Gasteiger partial charge in [0.05, 0.1) is 12.1 Å². The van der Waals surface area contributed by atoms with E-state index in [0.717, 1.165) is 6.07 Å². The minimum atomic E-state index is -0.544. The van der Waals surface area contributed by atoms with Crippen LogP contribution in [0.15, 0.2) is 12.1 Å². The van der Waals surface area contributed by atoms with Crippen molar-refractivity contribution in [1.29, 1.82) is 0 Å². The lowest BCUT2D eigenvalue weighted by atomic mass is 10.3. The van der Waals surface area contributed by atoms with Crippen LogP contribution >= 0.6 is 11.6 Å². The van der Waals surface area contributed by atoms with Crippen LogP contribution in [0.3, 0.4) is 0 Å². The van der Waals surface area contributed by atoms with E-state index in [1.165, 1.54) is 13.2 Å². The molecule has 0 aliphatic rings. The predicted molar refractivity (Wildman–Crippen MR) is 42.4 cm³/mol. The largest absolute Gasteiger partial charge is 0.492 e. The van der Waals surface area contributed by atoms with Gasteiger partial charge in [-0.15, -0.1) is 0 Å². The highest BCUT2D eigenvalue weighted by Gasteiger charge is 2.07. The van der Waals surface area contributed by atoms with Gasteiger partial charge in [0.25, 0.3) is 0 Å². The number of anilines is 1. The zero-order valence-corrected chi connectivity index (χ0v) is 6.65. The smallest absolute Gasteiger partial charge is 0.173 e. The summed E-state index contributed by atoms with van der Waals surface area (Å²) < 4.78 is 17.5. The Labute approximate surface area is 68.7 Å². The molecule has 2 nitrogen and oxygen atoms in total. The van der Waals surface area contributed by atoms with Crippen molar-refractivity contribution in [3.63, 3.8) is 0 Å². The Kier molecular flexibility index (Phi) is 2.19. The number of hydrogen-bond donors (Lipinski definition) is 1. The third-order valence-corrected chi connectivity index (χ3v) is 1.51. The second kappa shape index (κ2) is 2.96. The maximum Gasteiger partial charge on any atom is 0.173 e. The maximum atomic E-state index is 12.8. The highest BCUT2D eigenvalue weighted by molar-refractivity contribution is 6.32. The molecule has 0 heterocycles. The number of methoxy groups -OCH3 is 1. The lowest BCUT2D eigenvalue weighted by Crippen LogP contribution is -1.92. The van der Waals surface area contributed by atoms with Crippen LogP contribution in [0, 0.1) is 5.82 Å². The molecule has 0 amide bonds. The van der Waals surface area contributed by atoms with E-state index in [9.17, 15) is 4.39 Å². The fraction of sp³-hybridized carbons (Fsp3) is 0.143. The predicted octanol–water partition coefficient (Wildman–Crippen LogP) is 2.07. The third-order valence-electron chi connectivity index (χ3n) is 1.22. The zero-order chi connectivity index (χ0) is 8.43. The van der Waals surface area contributed by atoms with Crippen LogP contribution in [0.1, 0.15) is 0 Å². The van der Waals surface area contributed by atoms with Crippen molar-refractivity contribution in [2.45, 2.75) is 0 Å². The van der Waals surface area contributed by atoms with Crippen molar-refractivity contribution in [3.05, 3.63) is 23.0 Å². The van der Waals surface area contributed by atoms with Gasteiger partial charge in [0.2, 0.25) is 0 Å². The molecular formula is C7H7ClFNO. The first-order valence-electron chi connectivity index (χ1n) is 2.93. The zero-order valence-electron chi connectivity index (χ0n) is 5.90. The summed E-state index contributed by atoms with van der Waals surface area (Å²) >= 11 is 5.59. The quantitative estimate of drug-likeness (QED) is 0.664. The van der Waals surface area contributed by atoms with Crippen molar-refractivity contribution in [2.24, 2.45) is 0 Å². The molecule has 0 fully saturated rings. The van der Waals surface area contributed by atoms with E-state index in [4.69, 9.17) is 17.3 Å². The van der Waals surface area contributed by atoms with E-state index >= 15 is 0 Å². The summed E-state index contributed by atoms with van der Waals surface area (Å²) in [5.74, 6) is -0.515. The molecule has 2 N–H and O–H groups in total. The Morgan fingerprint density at radius 2 is 2.18 bits per heavy atom. The molecule has 0 bridgehead atoms. The van der Waals surface area contributed by atoms with E-state index in [2.05, 4.69) is 4.74 Å². The number of halogens is 2. The van der Waals surface area contributed by atoms with Crippen LogP contribution in [-0.2, 0) is 0 Å². The molecule has 1 rings (SSSR count). The molecule has 0 atom stereocenters. The fourth-order valence-electron chi connectivity index (χ4n) is 0.774. The SMILES string of the molecule is COc1c(F)cc(N)cc1Cl. The molecule has 0 saturated heterocycles. The lowest BCUT2D eigenvalue weighted by Gasteiger charge is -2.04. The molecule has 0 spiro atoms. The number of nitrogens with two attached hydrogens (primary N) is 1.